The lowest BCUT2D eigenvalue weighted by Crippen LogP contribution is -2.33. The van der Waals surface area contributed by atoms with E-state index in [1.165, 1.54) is 4.41 Å². The van der Waals surface area contributed by atoms with Gasteiger partial charge in [0.2, 0.25) is 0 Å². The number of sulfonamides is 1. The third kappa shape index (κ3) is 3.54. The molecular formula is C18H19BrN2O2S. The van der Waals surface area contributed by atoms with Gasteiger partial charge in [-0.3, -0.25) is 0 Å². The fourth-order valence-corrected chi connectivity index (χ4v) is 4.89. The molecule has 3 rings (SSSR count). The number of hydrogen-bond acceptors (Lipinski definition) is 3. The van der Waals surface area contributed by atoms with E-state index < -0.39 is 10.0 Å². The predicted octanol–water partition coefficient (Wildman–Crippen LogP) is 3.75. The van der Waals surface area contributed by atoms with Crippen LogP contribution in [0.1, 0.15) is 17.5 Å². The van der Waals surface area contributed by atoms with Crippen molar-refractivity contribution in [3.8, 4) is 0 Å². The summed E-state index contributed by atoms with van der Waals surface area (Å²) < 4.78 is 27.1. The minimum absolute atomic E-state index is 0.185. The molecule has 0 spiro atoms. The Labute approximate surface area is 151 Å². The van der Waals surface area contributed by atoms with Crippen LogP contribution in [0.25, 0.3) is 0 Å². The quantitative estimate of drug-likeness (QED) is 0.709. The van der Waals surface area contributed by atoms with Gasteiger partial charge in [0.05, 0.1) is 10.9 Å². The van der Waals surface area contributed by atoms with E-state index in [-0.39, 0.29) is 10.9 Å². The third-order valence-corrected chi connectivity index (χ3v) is 6.51. The number of nitrogens with zero attached hydrogens (tertiary/aromatic N) is 2. The van der Waals surface area contributed by atoms with Gasteiger partial charge in [0.25, 0.3) is 10.0 Å². The van der Waals surface area contributed by atoms with Crippen LogP contribution in [0.15, 0.2) is 64.6 Å². The van der Waals surface area contributed by atoms with Gasteiger partial charge >= 0.3 is 0 Å². The smallest absolute Gasteiger partial charge is 0.200 e. The lowest BCUT2D eigenvalue weighted by atomic mass is 10.0. The average Bonchev–Trinajstić information content (AvgIpc) is 3.00. The normalized spacial score (nSPS) is 17.8. The van der Waals surface area contributed by atoms with Crippen LogP contribution in [0.3, 0.4) is 0 Å². The minimum Gasteiger partial charge on any atom is -0.200 e. The van der Waals surface area contributed by atoms with E-state index in [1.54, 1.807) is 24.3 Å². The molecule has 2 aromatic carbocycles. The van der Waals surface area contributed by atoms with Crippen molar-refractivity contribution in [3.63, 3.8) is 0 Å². The highest BCUT2D eigenvalue weighted by Gasteiger charge is 2.35. The van der Waals surface area contributed by atoms with E-state index in [0.29, 0.717) is 18.2 Å². The van der Waals surface area contributed by atoms with Gasteiger partial charge in [-0.2, -0.15) is 17.9 Å². The number of benzene rings is 2. The van der Waals surface area contributed by atoms with Crippen LogP contribution in [0.4, 0.5) is 0 Å². The molecule has 6 heteroatoms. The van der Waals surface area contributed by atoms with E-state index in [1.807, 2.05) is 37.3 Å². The zero-order valence-electron chi connectivity index (χ0n) is 13.4. The molecule has 0 saturated heterocycles. The van der Waals surface area contributed by atoms with Crippen molar-refractivity contribution in [1.29, 1.82) is 0 Å². The molecule has 4 nitrogen and oxygen atoms in total. The van der Waals surface area contributed by atoms with Gasteiger partial charge in [-0.1, -0.05) is 64.0 Å². The first kappa shape index (κ1) is 17.2. The molecule has 0 aromatic heterocycles. The lowest BCUT2D eigenvalue weighted by Gasteiger charge is -2.21. The molecule has 0 amide bonds. The second-order valence-electron chi connectivity index (χ2n) is 5.93. The van der Waals surface area contributed by atoms with Crippen LogP contribution in [0.2, 0.25) is 0 Å². The molecule has 0 aliphatic carbocycles. The van der Waals surface area contributed by atoms with E-state index in [2.05, 4.69) is 21.0 Å². The van der Waals surface area contributed by atoms with Crippen LogP contribution in [-0.2, 0) is 16.4 Å². The summed E-state index contributed by atoms with van der Waals surface area (Å²) in [5, 5.41) is 4.99. The SMILES string of the molecule is Cc1ccc(S(=O)(=O)N2N=C(Cc3ccccc3)CC2CBr)cc1. The van der Waals surface area contributed by atoms with Crippen LogP contribution in [0.5, 0.6) is 0 Å². The first-order valence-electron chi connectivity index (χ1n) is 7.78. The Morgan fingerprint density at radius 3 is 2.42 bits per heavy atom. The van der Waals surface area contributed by atoms with Gasteiger partial charge in [0, 0.05) is 23.9 Å². The molecule has 126 valence electrons. The number of rotatable bonds is 5. The predicted molar refractivity (Wildman–Crippen MR) is 100.0 cm³/mol. The summed E-state index contributed by atoms with van der Waals surface area (Å²) in [4.78, 5) is 0.281. The molecular weight excluding hydrogens is 388 g/mol. The van der Waals surface area contributed by atoms with E-state index in [4.69, 9.17) is 0 Å². The molecule has 0 radical (unpaired) electrons. The van der Waals surface area contributed by atoms with Gasteiger partial charge in [-0.15, -0.1) is 0 Å². The number of halogens is 1. The van der Waals surface area contributed by atoms with E-state index in [9.17, 15) is 8.42 Å². The zero-order chi connectivity index (χ0) is 17.2. The first-order chi connectivity index (χ1) is 11.5. The Balaban J connectivity index is 1.88. The first-order valence-corrected chi connectivity index (χ1v) is 10.3. The standard InChI is InChI=1S/C18H19BrN2O2S/c1-14-7-9-18(10-8-14)24(22,23)21-17(13-19)12-16(20-21)11-15-5-3-2-4-6-15/h2-10,17H,11-13H2,1H3. The molecule has 0 bridgehead atoms. The molecule has 24 heavy (non-hydrogen) atoms. The number of alkyl halides is 1. The highest BCUT2D eigenvalue weighted by atomic mass is 79.9. The fourth-order valence-electron chi connectivity index (χ4n) is 2.73. The molecule has 1 aliphatic rings. The monoisotopic (exact) mass is 406 g/mol. The van der Waals surface area contributed by atoms with Gasteiger partial charge in [0.15, 0.2) is 0 Å². The van der Waals surface area contributed by atoms with Crippen LogP contribution < -0.4 is 0 Å². The molecule has 1 aliphatic heterocycles. The van der Waals surface area contributed by atoms with Crippen molar-refractivity contribution >= 4 is 31.7 Å². The Morgan fingerprint density at radius 2 is 1.79 bits per heavy atom. The lowest BCUT2D eigenvalue weighted by molar-refractivity contribution is 0.389. The summed E-state index contributed by atoms with van der Waals surface area (Å²) >= 11 is 3.43. The molecule has 0 N–H and O–H groups in total. The highest BCUT2D eigenvalue weighted by molar-refractivity contribution is 9.09. The Bertz CT molecular complexity index is 833. The minimum atomic E-state index is -3.63. The summed E-state index contributed by atoms with van der Waals surface area (Å²) in [5.74, 6) is 0. The fraction of sp³-hybridized carbons (Fsp3) is 0.278. The van der Waals surface area contributed by atoms with E-state index >= 15 is 0 Å². The maximum Gasteiger partial charge on any atom is 0.279 e. The molecule has 1 atom stereocenters. The number of hydrogen-bond donors (Lipinski definition) is 0. The van der Waals surface area contributed by atoms with Crippen LogP contribution in [-0.4, -0.2) is 29.9 Å². The summed E-state index contributed by atoms with van der Waals surface area (Å²) in [6, 6.07) is 16.7. The molecule has 2 aromatic rings. The molecule has 1 unspecified atom stereocenters. The Kier molecular flexibility index (Phi) is 5.06. The summed E-state index contributed by atoms with van der Waals surface area (Å²) in [7, 11) is -3.63. The molecule has 0 fully saturated rings. The topological polar surface area (TPSA) is 49.7 Å². The zero-order valence-corrected chi connectivity index (χ0v) is 15.8. The van der Waals surface area contributed by atoms with Crippen molar-refractivity contribution in [1.82, 2.24) is 4.41 Å². The van der Waals surface area contributed by atoms with Gasteiger partial charge < -0.3 is 0 Å². The second-order valence-corrected chi connectivity index (χ2v) is 8.37. The largest absolute Gasteiger partial charge is 0.279 e. The maximum atomic E-state index is 12.9. The number of aryl methyl sites for hydroxylation is 1. The van der Waals surface area contributed by atoms with Crippen molar-refractivity contribution in [2.45, 2.75) is 30.7 Å². The second kappa shape index (κ2) is 7.07. The molecule has 0 saturated carbocycles. The third-order valence-electron chi connectivity index (χ3n) is 4.02. The summed E-state index contributed by atoms with van der Waals surface area (Å²) in [5.41, 5.74) is 3.06. The number of hydrazone groups is 1. The van der Waals surface area contributed by atoms with Crippen molar-refractivity contribution < 1.29 is 8.42 Å². The van der Waals surface area contributed by atoms with Crippen molar-refractivity contribution in [2.24, 2.45) is 5.10 Å². The molecule has 1 heterocycles. The Morgan fingerprint density at radius 1 is 1.12 bits per heavy atom. The van der Waals surface area contributed by atoms with Crippen molar-refractivity contribution in [3.05, 3.63) is 65.7 Å². The van der Waals surface area contributed by atoms with Gasteiger partial charge in [-0.05, 0) is 24.6 Å². The van der Waals surface area contributed by atoms with E-state index in [0.717, 1.165) is 16.8 Å². The van der Waals surface area contributed by atoms with Crippen molar-refractivity contribution in [2.75, 3.05) is 5.33 Å². The van der Waals surface area contributed by atoms with Crippen LogP contribution >= 0.6 is 15.9 Å². The summed E-state index contributed by atoms with van der Waals surface area (Å²) in [6.07, 6.45) is 1.31. The Hall–Kier alpha value is -1.66. The highest BCUT2D eigenvalue weighted by Crippen LogP contribution is 2.27. The average molecular weight is 407 g/mol. The maximum absolute atomic E-state index is 12.9. The summed E-state index contributed by atoms with van der Waals surface area (Å²) in [6.45, 7) is 1.93. The van der Waals surface area contributed by atoms with Crippen LogP contribution in [0, 0.1) is 6.92 Å². The van der Waals surface area contributed by atoms with Gasteiger partial charge in [0.1, 0.15) is 0 Å². The van der Waals surface area contributed by atoms with Gasteiger partial charge in [-0.25, -0.2) is 0 Å².